The van der Waals surface area contributed by atoms with Gasteiger partial charge in [0.15, 0.2) is 0 Å². The zero-order chi connectivity index (χ0) is 12.3. The first kappa shape index (κ1) is 12.4. The maximum Gasteiger partial charge on any atom is 0.0686 e. The normalized spacial score (nSPS) is 25.2. The highest BCUT2D eigenvalue weighted by atomic mass is 16.5. The molecule has 0 bridgehead atoms. The second kappa shape index (κ2) is 5.05. The van der Waals surface area contributed by atoms with Crippen molar-refractivity contribution in [3.05, 3.63) is 48.0 Å². The summed E-state index contributed by atoms with van der Waals surface area (Å²) in [6, 6.07) is 10.7. The van der Waals surface area contributed by atoms with Crippen LogP contribution in [0.25, 0.3) is 0 Å². The number of rotatable bonds is 3. The molecule has 92 valence electrons. The lowest BCUT2D eigenvalue weighted by molar-refractivity contribution is -0.0206. The van der Waals surface area contributed by atoms with Gasteiger partial charge in [-0.25, -0.2) is 0 Å². The number of hydrogen-bond donors (Lipinski definition) is 0. The monoisotopic (exact) mass is 230 g/mol. The van der Waals surface area contributed by atoms with E-state index in [2.05, 4.69) is 63.3 Å². The second-order valence-corrected chi connectivity index (χ2v) is 5.42. The predicted molar refractivity (Wildman–Crippen MR) is 72.2 cm³/mol. The molecule has 2 atom stereocenters. The molecular weight excluding hydrogens is 208 g/mol. The van der Waals surface area contributed by atoms with Gasteiger partial charge in [-0.05, 0) is 39.2 Å². The molecule has 0 aromatic heterocycles. The molecule has 1 fully saturated rings. The molecule has 1 aromatic carbocycles. The van der Waals surface area contributed by atoms with Crippen molar-refractivity contribution in [1.29, 1.82) is 0 Å². The van der Waals surface area contributed by atoms with E-state index < -0.39 is 0 Å². The zero-order valence-electron chi connectivity index (χ0n) is 11.0. The van der Waals surface area contributed by atoms with Gasteiger partial charge in [-0.3, -0.25) is 0 Å². The van der Waals surface area contributed by atoms with Gasteiger partial charge < -0.3 is 4.74 Å². The van der Waals surface area contributed by atoms with Gasteiger partial charge in [0.25, 0.3) is 0 Å². The molecule has 1 aromatic rings. The molecule has 0 N–H and O–H groups in total. The van der Waals surface area contributed by atoms with E-state index in [9.17, 15) is 0 Å². The zero-order valence-corrected chi connectivity index (χ0v) is 11.0. The first-order valence-electron chi connectivity index (χ1n) is 6.48. The fourth-order valence-corrected chi connectivity index (χ4v) is 2.60. The summed E-state index contributed by atoms with van der Waals surface area (Å²) in [5.74, 6) is 0.392. The van der Waals surface area contributed by atoms with Gasteiger partial charge in [0, 0.05) is 5.92 Å². The third-order valence-corrected chi connectivity index (χ3v) is 3.49. The van der Waals surface area contributed by atoms with Crippen molar-refractivity contribution in [2.24, 2.45) is 0 Å². The average Bonchev–Trinajstić information content (AvgIpc) is 2.67. The van der Waals surface area contributed by atoms with E-state index in [-0.39, 0.29) is 5.60 Å². The highest BCUT2D eigenvalue weighted by Gasteiger charge is 2.35. The molecule has 1 heterocycles. The minimum atomic E-state index is 0.0410. The Morgan fingerprint density at radius 3 is 2.53 bits per heavy atom. The quantitative estimate of drug-likeness (QED) is 0.703. The summed E-state index contributed by atoms with van der Waals surface area (Å²) in [7, 11) is 0. The van der Waals surface area contributed by atoms with Crippen LogP contribution in [0.4, 0.5) is 0 Å². The molecule has 0 unspecified atom stereocenters. The van der Waals surface area contributed by atoms with Crippen LogP contribution in [0.5, 0.6) is 0 Å². The number of ether oxygens (including phenoxy) is 1. The topological polar surface area (TPSA) is 9.23 Å². The van der Waals surface area contributed by atoms with Gasteiger partial charge in [0.05, 0.1) is 11.7 Å². The standard InChI is InChI=1S/C16H22O/c1-4-8-14(13-9-6-5-7-10-13)15-11-12-16(2,3)17-15/h4-10,14-15H,11-12H2,1-3H3/b8-4+/t14-,15-/m0/s1. The molecule has 0 amide bonds. The largest absolute Gasteiger partial charge is 0.371 e. The number of hydrogen-bond acceptors (Lipinski definition) is 1. The van der Waals surface area contributed by atoms with Crippen LogP contribution in [0.1, 0.15) is 45.1 Å². The van der Waals surface area contributed by atoms with Gasteiger partial charge in [0.2, 0.25) is 0 Å². The van der Waals surface area contributed by atoms with E-state index in [0.29, 0.717) is 12.0 Å². The van der Waals surface area contributed by atoms with E-state index >= 15 is 0 Å². The third kappa shape index (κ3) is 2.98. The minimum Gasteiger partial charge on any atom is -0.371 e. The SMILES string of the molecule is C/C=C/[C@@H](c1ccccc1)[C@@H]1CCC(C)(C)O1. The maximum absolute atomic E-state index is 6.17. The van der Waals surface area contributed by atoms with Crippen molar-refractivity contribution < 1.29 is 4.74 Å². The summed E-state index contributed by atoms with van der Waals surface area (Å²) in [6.07, 6.45) is 7.02. The molecule has 17 heavy (non-hydrogen) atoms. The third-order valence-electron chi connectivity index (χ3n) is 3.49. The summed E-state index contributed by atoms with van der Waals surface area (Å²) >= 11 is 0. The summed E-state index contributed by atoms with van der Waals surface area (Å²) in [6.45, 7) is 6.45. The van der Waals surface area contributed by atoms with E-state index in [1.165, 1.54) is 5.56 Å². The molecule has 1 aliphatic rings. The molecule has 0 spiro atoms. The van der Waals surface area contributed by atoms with Gasteiger partial charge in [0.1, 0.15) is 0 Å². The number of benzene rings is 1. The van der Waals surface area contributed by atoms with E-state index in [1.54, 1.807) is 0 Å². The molecule has 0 aliphatic carbocycles. The fourth-order valence-electron chi connectivity index (χ4n) is 2.60. The molecule has 1 nitrogen and oxygen atoms in total. The fraction of sp³-hybridized carbons (Fsp3) is 0.500. The number of allylic oxidation sites excluding steroid dienone is 1. The Labute approximate surface area is 104 Å². The van der Waals surface area contributed by atoms with Crippen molar-refractivity contribution >= 4 is 0 Å². The Balaban J connectivity index is 2.19. The highest BCUT2D eigenvalue weighted by molar-refractivity contribution is 5.25. The molecule has 1 heteroatoms. The average molecular weight is 230 g/mol. The van der Waals surface area contributed by atoms with Gasteiger partial charge in [-0.2, -0.15) is 0 Å². The van der Waals surface area contributed by atoms with Crippen molar-refractivity contribution in [2.45, 2.75) is 51.2 Å². The Kier molecular flexibility index (Phi) is 3.68. The van der Waals surface area contributed by atoms with Crippen LogP contribution in [0.3, 0.4) is 0 Å². The Bertz CT molecular complexity index is 378. The second-order valence-electron chi connectivity index (χ2n) is 5.42. The highest BCUT2D eigenvalue weighted by Crippen LogP contribution is 2.37. The first-order chi connectivity index (χ1) is 8.12. The minimum absolute atomic E-state index is 0.0410. The lowest BCUT2D eigenvalue weighted by atomic mass is 9.91. The van der Waals surface area contributed by atoms with Crippen molar-refractivity contribution in [3.8, 4) is 0 Å². The van der Waals surface area contributed by atoms with Crippen molar-refractivity contribution in [1.82, 2.24) is 0 Å². The molecule has 0 radical (unpaired) electrons. The molecule has 1 saturated heterocycles. The lowest BCUT2D eigenvalue weighted by Crippen LogP contribution is -2.23. The van der Waals surface area contributed by atoms with Crippen LogP contribution in [0.2, 0.25) is 0 Å². The Morgan fingerprint density at radius 1 is 1.29 bits per heavy atom. The Morgan fingerprint density at radius 2 is 2.00 bits per heavy atom. The molecule has 0 saturated carbocycles. The van der Waals surface area contributed by atoms with Gasteiger partial charge in [-0.15, -0.1) is 0 Å². The smallest absolute Gasteiger partial charge is 0.0686 e. The van der Waals surface area contributed by atoms with E-state index in [4.69, 9.17) is 4.74 Å². The Hall–Kier alpha value is -1.08. The summed E-state index contributed by atoms with van der Waals surface area (Å²) in [5.41, 5.74) is 1.40. The van der Waals surface area contributed by atoms with Crippen molar-refractivity contribution in [2.75, 3.05) is 0 Å². The van der Waals surface area contributed by atoms with Crippen LogP contribution < -0.4 is 0 Å². The summed E-state index contributed by atoms with van der Waals surface area (Å²) in [4.78, 5) is 0. The summed E-state index contributed by atoms with van der Waals surface area (Å²) < 4.78 is 6.17. The molecule has 2 rings (SSSR count). The van der Waals surface area contributed by atoms with Gasteiger partial charge in [-0.1, -0.05) is 42.5 Å². The van der Waals surface area contributed by atoms with Gasteiger partial charge >= 0.3 is 0 Å². The maximum atomic E-state index is 6.17. The van der Waals surface area contributed by atoms with E-state index in [0.717, 1.165) is 12.8 Å². The van der Waals surface area contributed by atoms with Crippen LogP contribution in [-0.4, -0.2) is 11.7 Å². The summed E-state index contributed by atoms with van der Waals surface area (Å²) in [5, 5.41) is 0. The van der Waals surface area contributed by atoms with Crippen LogP contribution >= 0.6 is 0 Å². The van der Waals surface area contributed by atoms with E-state index in [1.807, 2.05) is 0 Å². The molecular formula is C16H22O. The lowest BCUT2D eigenvalue weighted by Gasteiger charge is -2.24. The van der Waals surface area contributed by atoms with Crippen LogP contribution in [0, 0.1) is 0 Å². The molecule has 1 aliphatic heterocycles. The van der Waals surface area contributed by atoms with Crippen LogP contribution in [-0.2, 0) is 4.74 Å². The first-order valence-corrected chi connectivity index (χ1v) is 6.48. The predicted octanol–water partition coefficient (Wildman–Crippen LogP) is 4.30. The van der Waals surface area contributed by atoms with Crippen LogP contribution in [0.15, 0.2) is 42.5 Å². The van der Waals surface area contributed by atoms with Crippen molar-refractivity contribution in [3.63, 3.8) is 0 Å².